The fourth-order valence-electron chi connectivity index (χ4n) is 1.97. The Kier molecular flexibility index (Phi) is 2.58. The minimum absolute atomic E-state index is 0.525. The van der Waals surface area contributed by atoms with E-state index in [0.29, 0.717) is 18.0 Å². The fraction of sp³-hybridized carbons (Fsp3) is 0.667. The lowest BCUT2D eigenvalue weighted by atomic mass is 10.0. The van der Waals surface area contributed by atoms with Gasteiger partial charge in [0, 0.05) is 18.0 Å². The number of thiazole rings is 1. The molecule has 1 aliphatic heterocycles. The van der Waals surface area contributed by atoms with Crippen molar-refractivity contribution in [2.24, 2.45) is 0 Å². The molecule has 0 radical (unpaired) electrons. The summed E-state index contributed by atoms with van der Waals surface area (Å²) in [5.74, 6) is 0.549. The summed E-state index contributed by atoms with van der Waals surface area (Å²) in [4.78, 5) is 4.33. The zero-order valence-electron chi connectivity index (χ0n) is 7.75. The number of hydrogen-bond acceptors (Lipinski definition) is 3. The van der Waals surface area contributed by atoms with Gasteiger partial charge < -0.3 is 5.32 Å². The lowest BCUT2D eigenvalue weighted by molar-refractivity contribution is 0.573. The van der Waals surface area contributed by atoms with E-state index in [1.165, 1.54) is 11.4 Å². The van der Waals surface area contributed by atoms with Gasteiger partial charge >= 0.3 is 0 Å². The standard InChI is InChI=1S/C9H13ClN2S/c1-5-3-7(6(2)12-5)9-11-4-8(10)13-9/h4-7,12H,3H2,1-2H3. The van der Waals surface area contributed by atoms with Gasteiger partial charge in [0.05, 0.1) is 11.2 Å². The van der Waals surface area contributed by atoms with Gasteiger partial charge in [-0.25, -0.2) is 4.98 Å². The molecular formula is C9H13ClN2S. The van der Waals surface area contributed by atoms with Crippen molar-refractivity contribution in [3.63, 3.8) is 0 Å². The van der Waals surface area contributed by atoms with Crippen molar-refractivity contribution in [2.45, 2.75) is 38.3 Å². The number of rotatable bonds is 1. The molecule has 0 spiro atoms. The third-order valence-corrected chi connectivity index (χ3v) is 3.82. The molecule has 1 N–H and O–H groups in total. The summed E-state index contributed by atoms with van der Waals surface area (Å²) in [6, 6.07) is 1.12. The summed E-state index contributed by atoms with van der Waals surface area (Å²) in [5.41, 5.74) is 0. The van der Waals surface area contributed by atoms with Gasteiger partial charge in [-0.3, -0.25) is 0 Å². The van der Waals surface area contributed by atoms with Crippen molar-refractivity contribution < 1.29 is 0 Å². The van der Waals surface area contributed by atoms with Crippen LogP contribution in [0.3, 0.4) is 0 Å². The van der Waals surface area contributed by atoms with Gasteiger partial charge in [0.15, 0.2) is 0 Å². The molecule has 0 aromatic carbocycles. The van der Waals surface area contributed by atoms with Crippen LogP contribution in [0.2, 0.25) is 4.34 Å². The van der Waals surface area contributed by atoms with Crippen LogP contribution in [0.5, 0.6) is 0 Å². The number of hydrogen-bond donors (Lipinski definition) is 1. The number of aromatic nitrogens is 1. The molecule has 3 unspecified atom stereocenters. The van der Waals surface area contributed by atoms with Gasteiger partial charge in [-0.15, -0.1) is 11.3 Å². The molecule has 72 valence electrons. The van der Waals surface area contributed by atoms with E-state index in [9.17, 15) is 0 Å². The van der Waals surface area contributed by atoms with E-state index < -0.39 is 0 Å². The highest BCUT2D eigenvalue weighted by Gasteiger charge is 2.31. The second-order valence-corrected chi connectivity index (χ2v) is 5.39. The van der Waals surface area contributed by atoms with Crippen molar-refractivity contribution in [1.82, 2.24) is 10.3 Å². The van der Waals surface area contributed by atoms with E-state index in [0.717, 1.165) is 4.34 Å². The molecule has 0 aliphatic carbocycles. The number of halogens is 1. The maximum atomic E-state index is 5.86. The molecule has 1 aliphatic rings. The van der Waals surface area contributed by atoms with Crippen LogP contribution in [-0.4, -0.2) is 17.1 Å². The first kappa shape index (κ1) is 9.44. The Hall–Kier alpha value is -0.120. The Morgan fingerprint density at radius 3 is 2.85 bits per heavy atom. The predicted octanol–water partition coefficient (Wildman–Crippen LogP) is 2.65. The molecule has 0 saturated carbocycles. The summed E-state index contributed by atoms with van der Waals surface area (Å²) >= 11 is 7.46. The molecule has 13 heavy (non-hydrogen) atoms. The summed E-state index contributed by atoms with van der Waals surface area (Å²) in [7, 11) is 0. The highest BCUT2D eigenvalue weighted by Crippen LogP contribution is 2.34. The van der Waals surface area contributed by atoms with E-state index >= 15 is 0 Å². The molecule has 2 rings (SSSR count). The van der Waals surface area contributed by atoms with Gasteiger partial charge in [-0.05, 0) is 20.3 Å². The van der Waals surface area contributed by atoms with Crippen molar-refractivity contribution >= 4 is 22.9 Å². The lowest BCUT2D eigenvalue weighted by Crippen LogP contribution is -2.26. The van der Waals surface area contributed by atoms with Crippen LogP contribution in [0, 0.1) is 0 Å². The summed E-state index contributed by atoms with van der Waals surface area (Å²) in [5, 5.41) is 4.67. The number of nitrogens with one attached hydrogen (secondary N) is 1. The van der Waals surface area contributed by atoms with Crippen LogP contribution >= 0.6 is 22.9 Å². The minimum Gasteiger partial charge on any atom is -0.311 e. The van der Waals surface area contributed by atoms with Gasteiger partial charge in [-0.1, -0.05) is 11.6 Å². The van der Waals surface area contributed by atoms with Crippen LogP contribution in [0.4, 0.5) is 0 Å². The summed E-state index contributed by atoms with van der Waals surface area (Å²) < 4.78 is 0.793. The first-order valence-electron chi connectivity index (χ1n) is 4.54. The molecule has 0 amide bonds. The van der Waals surface area contributed by atoms with Crippen molar-refractivity contribution in [3.8, 4) is 0 Å². The molecule has 0 bridgehead atoms. The third-order valence-electron chi connectivity index (χ3n) is 2.57. The van der Waals surface area contributed by atoms with E-state index in [2.05, 4.69) is 24.1 Å². The monoisotopic (exact) mass is 216 g/mol. The Balaban J connectivity index is 2.17. The van der Waals surface area contributed by atoms with Gasteiger partial charge in [0.2, 0.25) is 0 Å². The van der Waals surface area contributed by atoms with Crippen LogP contribution in [0.1, 0.15) is 31.2 Å². The summed E-state index contributed by atoms with van der Waals surface area (Å²) in [6.07, 6.45) is 2.92. The van der Waals surface area contributed by atoms with Crippen LogP contribution in [0.15, 0.2) is 6.20 Å². The Morgan fingerprint density at radius 2 is 2.38 bits per heavy atom. The Morgan fingerprint density at radius 1 is 1.62 bits per heavy atom. The van der Waals surface area contributed by atoms with E-state index in [4.69, 9.17) is 11.6 Å². The number of nitrogens with zero attached hydrogens (tertiary/aromatic N) is 1. The largest absolute Gasteiger partial charge is 0.311 e. The summed E-state index contributed by atoms with van der Waals surface area (Å²) in [6.45, 7) is 4.43. The van der Waals surface area contributed by atoms with Gasteiger partial charge in [0.1, 0.15) is 4.34 Å². The Bertz CT molecular complexity index is 300. The van der Waals surface area contributed by atoms with Crippen molar-refractivity contribution in [2.75, 3.05) is 0 Å². The fourth-order valence-corrected chi connectivity index (χ4v) is 3.12. The highest BCUT2D eigenvalue weighted by atomic mass is 35.5. The second kappa shape index (κ2) is 3.56. The molecule has 1 saturated heterocycles. The van der Waals surface area contributed by atoms with Gasteiger partial charge in [0.25, 0.3) is 0 Å². The molecule has 1 fully saturated rings. The van der Waals surface area contributed by atoms with Crippen LogP contribution in [-0.2, 0) is 0 Å². The normalized spacial score (nSPS) is 33.9. The van der Waals surface area contributed by atoms with E-state index in [1.54, 1.807) is 17.5 Å². The predicted molar refractivity (Wildman–Crippen MR) is 56.5 cm³/mol. The SMILES string of the molecule is CC1CC(c2ncc(Cl)s2)C(C)N1. The van der Waals surface area contributed by atoms with Crippen molar-refractivity contribution in [3.05, 3.63) is 15.5 Å². The highest BCUT2D eigenvalue weighted by molar-refractivity contribution is 7.15. The van der Waals surface area contributed by atoms with Crippen molar-refractivity contribution in [1.29, 1.82) is 0 Å². The third kappa shape index (κ3) is 1.87. The molecule has 2 nitrogen and oxygen atoms in total. The van der Waals surface area contributed by atoms with E-state index in [1.807, 2.05) is 0 Å². The zero-order chi connectivity index (χ0) is 9.42. The zero-order valence-corrected chi connectivity index (χ0v) is 9.32. The molecule has 1 aromatic heterocycles. The average Bonchev–Trinajstić information content (AvgIpc) is 2.58. The molecule has 1 aromatic rings. The average molecular weight is 217 g/mol. The lowest BCUT2D eigenvalue weighted by Gasteiger charge is -2.10. The maximum Gasteiger partial charge on any atom is 0.113 e. The first-order chi connectivity index (χ1) is 6.16. The quantitative estimate of drug-likeness (QED) is 0.781. The maximum absolute atomic E-state index is 5.86. The van der Waals surface area contributed by atoms with Crippen LogP contribution in [0.25, 0.3) is 0 Å². The minimum atomic E-state index is 0.525. The van der Waals surface area contributed by atoms with Gasteiger partial charge in [-0.2, -0.15) is 0 Å². The topological polar surface area (TPSA) is 24.9 Å². The molecule has 4 heteroatoms. The van der Waals surface area contributed by atoms with E-state index in [-0.39, 0.29) is 0 Å². The smallest absolute Gasteiger partial charge is 0.113 e. The second-order valence-electron chi connectivity index (χ2n) is 3.70. The van der Waals surface area contributed by atoms with Crippen LogP contribution < -0.4 is 5.32 Å². The molecule has 3 atom stereocenters. The molecular weight excluding hydrogens is 204 g/mol. The first-order valence-corrected chi connectivity index (χ1v) is 5.73. The Labute approximate surface area is 87.3 Å². The molecule has 2 heterocycles.